The van der Waals surface area contributed by atoms with Crippen molar-refractivity contribution in [1.29, 1.82) is 0 Å². The number of piperazine rings is 1. The van der Waals surface area contributed by atoms with Crippen molar-refractivity contribution in [3.8, 4) is 22.9 Å². The average molecular weight is 472 g/mol. The number of rotatable bonds is 6. The van der Waals surface area contributed by atoms with Gasteiger partial charge in [0, 0.05) is 61.0 Å². The van der Waals surface area contributed by atoms with Crippen LogP contribution in [0.1, 0.15) is 10.4 Å². The number of hydrogen-bond acceptors (Lipinski definition) is 8. The Kier molecular flexibility index (Phi) is 6.15. The van der Waals surface area contributed by atoms with E-state index in [1.54, 1.807) is 43.8 Å². The number of aromatic amines is 1. The molecule has 1 aliphatic rings. The molecule has 3 heterocycles. The van der Waals surface area contributed by atoms with Crippen LogP contribution in [0.5, 0.6) is 11.5 Å². The van der Waals surface area contributed by atoms with Crippen LogP contribution in [0.3, 0.4) is 0 Å². The predicted octanol–water partition coefficient (Wildman–Crippen LogP) is 2.66. The van der Waals surface area contributed by atoms with Crippen molar-refractivity contribution in [2.24, 2.45) is 0 Å². The molecule has 0 spiro atoms. The third kappa shape index (κ3) is 4.33. The molecule has 35 heavy (non-hydrogen) atoms. The van der Waals surface area contributed by atoms with Gasteiger partial charge in [0.15, 0.2) is 5.78 Å². The monoisotopic (exact) mass is 471 g/mol. The molecule has 0 amide bonds. The number of methoxy groups -OCH3 is 2. The first kappa shape index (κ1) is 22.5. The van der Waals surface area contributed by atoms with Crippen molar-refractivity contribution in [3.05, 3.63) is 76.8 Å². The minimum atomic E-state index is -0.324. The zero-order valence-corrected chi connectivity index (χ0v) is 19.4. The number of Topliss-reactive ketones (excluding diaryl/α,β-unsaturated/α-hetero) is 1. The molecule has 1 saturated heterocycles. The van der Waals surface area contributed by atoms with Crippen molar-refractivity contribution >= 4 is 22.4 Å². The summed E-state index contributed by atoms with van der Waals surface area (Å²) < 4.78 is 10.7. The molecule has 178 valence electrons. The van der Waals surface area contributed by atoms with Crippen LogP contribution in [0, 0.1) is 0 Å². The molecule has 5 rings (SSSR count). The smallest absolute Gasteiger partial charge is 0.262 e. The summed E-state index contributed by atoms with van der Waals surface area (Å²) in [5.74, 6) is 1.44. The summed E-state index contributed by atoms with van der Waals surface area (Å²) in [6.45, 7) is 2.04. The molecule has 1 aliphatic heterocycles. The lowest BCUT2D eigenvalue weighted by molar-refractivity contribution is 0.0950. The summed E-state index contributed by atoms with van der Waals surface area (Å²) in [6.07, 6.45) is 3.26. The molecule has 9 heteroatoms. The molecular formula is C26H25N5O4. The topological polar surface area (TPSA) is 109 Å². The van der Waals surface area contributed by atoms with Gasteiger partial charge in [-0.3, -0.25) is 14.6 Å². The molecule has 4 aromatic rings. The Morgan fingerprint density at radius 1 is 1.06 bits per heavy atom. The fraction of sp³-hybridized carbons (Fsp3) is 0.231. The van der Waals surface area contributed by atoms with Crippen molar-refractivity contribution in [2.45, 2.75) is 6.04 Å². The van der Waals surface area contributed by atoms with E-state index in [1.807, 2.05) is 24.3 Å². The van der Waals surface area contributed by atoms with Crippen LogP contribution in [0.4, 0.5) is 5.69 Å². The molecule has 0 radical (unpaired) electrons. The second-order valence-electron chi connectivity index (χ2n) is 8.20. The molecular weight excluding hydrogens is 446 g/mol. The van der Waals surface area contributed by atoms with Crippen LogP contribution < -0.4 is 25.2 Å². The standard InChI is InChI=1S/C26H25N5O4/c1-34-19-13-20-23(22(14-19)35-2)26(33)30-25(29-20)17-3-5-18(6-4-17)31-12-11-28-15-21(31)24(32)16-7-9-27-10-8-16/h3-10,13-14,21,28H,11-12,15H2,1-2H3,(H,29,30,33). The largest absolute Gasteiger partial charge is 0.497 e. The molecule has 1 fully saturated rings. The zero-order valence-electron chi connectivity index (χ0n) is 19.4. The van der Waals surface area contributed by atoms with Crippen LogP contribution in [-0.4, -0.2) is 60.6 Å². The number of fused-ring (bicyclic) bond motifs is 1. The highest BCUT2D eigenvalue weighted by molar-refractivity contribution is 6.02. The SMILES string of the molecule is COc1cc(OC)c2c(=O)[nH]c(-c3ccc(N4CCNCC4C(=O)c4ccncc4)cc3)nc2c1. The second-order valence-corrected chi connectivity index (χ2v) is 8.20. The number of benzene rings is 2. The molecule has 9 nitrogen and oxygen atoms in total. The Labute approximate surface area is 201 Å². The van der Waals surface area contributed by atoms with Crippen molar-refractivity contribution in [1.82, 2.24) is 20.3 Å². The maximum atomic E-state index is 13.2. The van der Waals surface area contributed by atoms with Crippen LogP contribution >= 0.6 is 0 Å². The van der Waals surface area contributed by atoms with Gasteiger partial charge >= 0.3 is 0 Å². The first-order valence-corrected chi connectivity index (χ1v) is 11.3. The summed E-state index contributed by atoms with van der Waals surface area (Å²) in [5, 5.41) is 3.68. The molecule has 0 aliphatic carbocycles. The molecule has 0 bridgehead atoms. The van der Waals surface area contributed by atoms with E-state index in [-0.39, 0.29) is 17.4 Å². The highest BCUT2D eigenvalue weighted by atomic mass is 16.5. The van der Waals surface area contributed by atoms with Gasteiger partial charge in [-0.1, -0.05) is 0 Å². The van der Waals surface area contributed by atoms with E-state index in [2.05, 4.69) is 25.2 Å². The molecule has 1 atom stereocenters. The van der Waals surface area contributed by atoms with Crippen LogP contribution in [0.2, 0.25) is 0 Å². The van der Waals surface area contributed by atoms with Gasteiger partial charge in [0.05, 0.1) is 19.7 Å². The number of carbonyl (C=O) groups excluding carboxylic acids is 1. The lowest BCUT2D eigenvalue weighted by atomic mass is 10.0. The fourth-order valence-electron chi connectivity index (χ4n) is 4.39. The van der Waals surface area contributed by atoms with E-state index in [9.17, 15) is 9.59 Å². The number of carbonyl (C=O) groups is 1. The zero-order chi connectivity index (χ0) is 24.4. The Morgan fingerprint density at radius 2 is 1.83 bits per heavy atom. The first-order valence-electron chi connectivity index (χ1n) is 11.3. The number of nitrogens with one attached hydrogen (secondary N) is 2. The highest BCUT2D eigenvalue weighted by Gasteiger charge is 2.29. The van der Waals surface area contributed by atoms with Crippen molar-refractivity contribution < 1.29 is 14.3 Å². The second kappa shape index (κ2) is 9.55. The minimum Gasteiger partial charge on any atom is -0.497 e. The number of hydrogen-bond donors (Lipinski definition) is 2. The summed E-state index contributed by atoms with van der Waals surface area (Å²) >= 11 is 0. The Bertz CT molecular complexity index is 1420. The minimum absolute atomic E-state index is 0.0482. The number of nitrogens with zero attached hydrogens (tertiary/aromatic N) is 3. The van der Waals surface area contributed by atoms with Crippen LogP contribution in [0.15, 0.2) is 65.7 Å². The number of ketones is 1. The van der Waals surface area contributed by atoms with Gasteiger partial charge in [-0.15, -0.1) is 0 Å². The van der Waals surface area contributed by atoms with Gasteiger partial charge in [-0.2, -0.15) is 0 Å². The molecule has 2 aromatic carbocycles. The van der Waals surface area contributed by atoms with E-state index in [4.69, 9.17) is 9.47 Å². The third-order valence-electron chi connectivity index (χ3n) is 6.19. The number of H-pyrrole nitrogens is 1. The Morgan fingerprint density at radius 3 is 2.54 bits per heavy atom. The maximum Gasteiger partial charge on any atom is 0.262 e. The lowest BCUT2D eigenvalue weighted by Crippen LogP contribution is -2.55. The van der Waals surface area contributed by atoms with E-state index in [0.717, 1.165) is 17.8 Å². The molecule has 1 unspecified atom stereocenters. The van der Waals surface area contributed by atoms with E-state index in [1.165, 1.54) is 7.11 Å². The Hall–Kier alpha value is -4.24. The van der Waals surface area contributed by atoms with Crippen LogP contribution in [0.25, 0.3) is 22.3 Å². The van der Waals surface area contributed by atoms with Gasteiger partial charge < -0.3 is 24.7 Å². The predicted molar refractivity (Wildman–Crippen MR) is 133 cm³/mol. The van der Waals surface area contributed by atoms with Gasteiger partial charge in [-0.25, -0.2) is 4.98 Å². The van der Waals surface area contributed by atoms with Crippen LogP contribution in [-0.2, 0) is 0 Å². The number of anilines is 1. The van der Waals surface area contributed by atoms with Crippen molar-refractivity contribution in [3.63, 3.8) is 0 Å². The van der Waals surface area contributed by atoms with Gasteiger partial charge in [0.25, 0.3) is 5.56 Å². The lowest BCUT2D eigenvalue weighted by Gasteiger charge is -2.37. The normalized spacial score (nSPS) is 15.7. The van der Waals surface area contributed by atoms with Gasteiger partial charge in [0.2, 0.25) is 0 Å². The number of pyridine rings is 1. The van der Waals surface area contributed by atoms with E-state index >= 15 is 0 Å². The Balaban J connectivity index is 1.47. The van der Waals surface area contributed by atoms with E-state index < -0.39 is 0 Å². The molecule has 0 saturated carbocycles. The third-order valence-corrected chi connectivity index (χ3v) is 6.19. The first-order chi connectivity index (χ1) is 17.1. The van der Waals surface area contributed by atoms with Gasteiger partial charge in [0.1, 0.15) is 28.8 Å². The fourth-order valence-corrected chi connectivity index (χ4v) is 4.39. The van der Waals surface area contributed by atoms with Gasteiger partial charge in [-0.05, 0) is 36.4 Å². The summed E-state index contributed by atoms with van der Waals surface area (Å²) in [6, 6.07) is 14.2. The average Bonchev–Trinajstić information content (AvgIpc) is 2.92. The van der Waals surface area contributed by atoms with E-state index in [0.29, 0.717) is 46.9 Å². The highest BCUT2D eigenvalue weighted by Crippen LogP contribution is 2.29. The maximum absolute atomic E-state index is 13.2. The summed E-state index contributed by atoms with van der Waals surface area (Å²) in [5.41, 5.74) is 2.50. The quantitative estimate of drug-likeness (QED) is 0.413. The molecule has 2 N–H and O–H groups in total. The number of ether oxygens (including phenoxy) is 2. The summed E-state index contributed by atoms with van der Waals surface area (Å²) in [7, 11) is 3.05. The van der Waals surface area contributed by atoms with Crippen molar-refractivity contribution in [2.75, 3.05) is 38.8 Å². The number of aromatic nitrogens is 3. The summed E-state index contributed by atoms with van der Waals surface area (Å²) in [4.78, 5) is 39.6. The molecule has 2 aromatic heterocycles.